The molecule has 1 saturated heterocycles. The zero-order valence-corrected chi connectivity index (χ0v) is 17.3. The fourth-order valence-corrected chi connectivity index (χ4v) is 3.67. The van der Waals surface area contributed by atoms with Gasteiger partial charge in [-0.3, -0.25) is 14.9 Å². The molecule has 7 heteroatoms. The van der Waals surface area contributed by atoms with Crippen LogP contribution in [0.3, 0.4) is 0 Å². The number of carbonyl (C=O) groups is 3. The van der Waals surface area contributed by atoms with E-state index in [1.54, 1.807) is 29.2 Å². The van der Waals surface area contributed by atoms with Crippen molar-refractivity contribution in [3.05, 3.63) is 65.7 Å². The number of benzene rings is 2. The van der Waals surface area contributed by atoms with Crippen LogP contribution in [0.2, 0.25) is 0 Å². The Morgan fingerprint density at radius 3 is 2.40 bits per heavy atom. The summed E-state index contributed by atoms with van der Waals surface area (Å²) < 4.78 is 4.56. The fraction of sp³-hybridized carbons (Fsp3) is 0.348. The van der Waals surface area contributed by atoms with Gasteiger partial charge in [-0.15, -0.1) is 0 Å². The molecule has 158 valence electrons. The van der Waals surface area contributed by atoms with Crippen molar-refractivity contribution in [2.45, 2.75) is 38.3 Å². The Bertz CT molecular complexity index is 898. The third-order valence-electron chi connectivity index (χ3n) is 5.48. The molecule has 7 nitrogen and oxygen atoms in total. The first kappa shape index (κ1) is 21.4. The Kier molecular flexibility index (Phi) is 6.72. The summed E-state index contributed by atoms with van der Waals surface area (Å²) in [5.74, 6) is -0.283. The topological polar surface area (TPSA) is 87.7 Å². The molecule has 1 aliphatic rings. The van der Waals surface area contributed by atoms with Gasteiger partial charge in [0.05, 0.1) is 7.11 Å². The highest BCUT2D eigenvalue weighted by atomic mass is 16.5. The summed E-state index contributed by atoms with van der Waals surface area (Å²) >= 11 is 0. The van der Waals surface area contributed by atoms with E-state index in [2.05, 4.69) is 15.4 Å². The molecule has 1 fully saturated rings. The molecule has 3 amide bonds. The van der Waals surface area contributed by atoms with Crippen LogP contribution >= 0.6 is 0 Å². The molecule has 0 aliphatic carbocycles. The number of hydrogen-bond acceptors (Lipinski definition) is 4. The normalized spacial score (nSPS) is 18.4. The van der Waals surface area contributed by atoms with Gasteiger partial charge in [-0.1, -0.05) is 30.3 Å². The van der Waals surface area contributed by atoms with Crippen LogP contribution in [0.15, 0.2) is 54.6 Å². The average molecular weight is 409 g/mol. The number of piperidine rings is 1. The number of amides is 3. The first-order valence-corrected chi connectivity index (χ1v) is 10.0. The molecule has 0 saturated carbocycles. The van der Waals surface area contributed by atoms with Gasteiger partial charge in [-0.05, 0) is 56.0 Å². The van der Waals surface area contributed by atoms with Gasteiger partial charge in [0.2, 0.25) is 5.91 Å². The van der Waals surface area contributed by atoms with E-state index in [0.717, 1.165) is 18.4 Å². The molecular weight excluding hydrogens is 382 g/mol. The van der Waals surface area contributed by atoms with Gasteiger partial charge < -0.3 is 15.0 Å². The number of likely N-dealkylation sites (tertiary alicyclic amines) is 1. The zero-order chi connectivity index (χ0) is 21.6. The van der Waals surface area contributed by atoms with Crippen LogP contribution in [0.4, 0.5) is 10.5 Å². The second-order valence-corrected chi connectivity index (χ2v) is 7.55. The van der Waals surface area contributed by atoms with Gasteiger partial charge >= 0.3 is 6.09 Å². The lowest BCUT2D eigenvalue weighted by Gasteiger charge is -2.43. The SMILES string of the molecule is COC(=O)Nc1ccc(CNC(=O)[C@]2(C)CCCCN2C(=O)c2ccccc2)cc1. The molecule has 1 aliphatic heterocycles. The lowest BCUT2D eigenvalue weighted by molar-refractivity contribution is -0.133. The van der Waals surface area contributed by atoms with Crippen LogP contribution in [0.25, 0.3) is 0 Å². The Morgan fingerprint density at radius 2 is 1.73 bits per heavy atom. The number of nitrogens with one attached hydrogen (secondary N) is 2. The number of carbonyl (C=O) groups excluding carboxylic acids is 3. The summed E-state index contributed by atoms with van der Waals surface area (Å²) in [6.07, 6.45) is 1.87. The molecule has 3 rings (SSSR count). The van der Waals surface area contributed by atoms with E-state index in [0.29, 0.717) is 30.8 Å². The van der Waals surface area contributed by atoms with Crippen LogP contribution in [-0.2, 0) is 16.1 Å². The van der Waals surface area contributed by atoms with Crippen molar-refractivity contribution < 1.29 is 19.1 Å². The first-order valence-electron chi connectivity index (χ1n) is 10.0. The highest BCUT2D eigenvalue weighted by Crippen LogP contribution is 2.30. The molecule has 0 spiro atoms. The first-order chi connectivity index (χ1) is 14.4. The summed E-state index contributed by atoms with van der Waals surface area (Å²) in [6.45, 7) is 2.73. The molecule has 1 atom stereocenters. The monoisotopic (exact) mass is 409 g/mol. The standard InChI is InChI=1S/C23H27N3O4/c1-23(14-6-7-15-26(23)20(27)18-8-4-3-5-9-18)21(28)24-16-17-10-12-19(13-11-17)25-22(29)30-2/h3-5,8-13H,6-7,14-16H2,1-2H3,(H,24,28)(H,25,29)/t23-/m0/s1. The second-order valence-electron chi connectivity index (χ2n) is 7.55. The third-order valence-corrected chi connectivity index (χ3v) is 5.48. The van der Waals surface area contributed by atoms with Crippen LogP contribution in [-0.4, -0.2) is 42.0 Å². The van der Waals surface area contributed by atoms with E-state index < -0.39 is 11.6 Å². The van der Waals surface area contributed by atoms with Crippen LogP contribution in [0.5, 0.6) is 0 Å². The number of ether oxygens (including phenoxy) is 1. The predicted molar refractivity (Wildman–Crippen MR) is 114 cm³/mol. The van der Waals surface area contributed by atoms with E-state index in [1.165, 1.54) is 7.11 Å². The van der Waals surface area contributed by atoms with E-state index in [9.17, 15) is 14.4 Å². The van der Waals surface area contributed by atoms with E-state index in [1.807, 2.05) is 37.3 Å². The Balaban J connectivity index is 1.66. The molecule has 0 aromatic heterocycles. The van der Waals surface area contributed by atoms with Crippen molar-refractivity contribution in [2.24, 2.45) is 0 Å². The van der Waals surface area contributed by atoms with Crippen molar-refractivity contribution >= 4 is 23.6 Å². The lowest BCUT2D eigenvalue weighted by atomic mass is 9.86. The number of nitrogens with zero attached hydrogens (tertiary/aromatic N) is 1. The molecule has 2 aromatic rings. The number of rotatable bonds is 5. The predicted octanol–water partition coefficient (Wildman–Crippen LogP) is 3.57. The van der Waals surface area contributed by atoms with Crippen LogP contribution < -0.4 is 10.6 Å². The van der Waals surface area contributed by atoms with Crippen molar-refractivity contribution in [3.8, 4) is 0 Å². The molecule has 0 unspecified atom stereocenters. The van der Waals surface area contributed by atoms with Crippen molar-refractivity contribution in [3.63, 3.8) is 0 Å². The van der Waals surface area contributed by atoms with Crippen molar-refractivity contribution in [2.75, 3.05) is 19.0 Å². The van der Waals surface area contributed by atoms with Gasteiger partial charge in [0.25, 0.3) is 5.91 Å². The average Bonchev–Trinajstić information content (AvgIpc) is 2.78. The quantitative estimate of drug-likeness (QED) is 0.790. The zero-order valence-electron chi connectivity index (χ0n) is 17.3. The van der Waals surface area contributed by atoms with Crippen molar-refractivity contribution in [1.29, 1.82) is 0 Å². The molecular formula is C23H27N3O4. The molecule has 0 bridgehead atoms. The maximum absolute atomic E-state index is 13.1. The van der Waals surface area contributed by atoms with Gasteiger partial charge in [0.1, 0.15) is 5.54 Å². The highest BCUT2D eigenvalue weighted by molar-refractivity contribution is 5.99. The van der Waals surface area contributed by atoms with Gasteiger partial charge in [0, 0.05) is 24.3 Å². The third kappa shape index (κ3) is 4.79. The van der Waals surface area contributed by atoms with Gasteiger partial charge in [0.15, 0.2) is 0 Å². The largest absolute Gasteiger partial charge is 0.453 e. The second kappa shape index (κ2) is 9.43. The molecule has 2 N–H and O–H groups in total. The highest BCUT2D eigenvalue weighted by Gasteiger charge is 2.43. The van der Waals surface area contributed by atoms with Crippen LogP contribution in [0, 0.1) is 0 Å². The van der Waals surface area contributed by atoms with Crippen molar-refractivity contribution in [1.82, 2.24) is 10.2 Å². The summed E-state index contributed by atoms with van der Waals surface area (Å²) in [6, 6.07) is 16.2. The summed E-state index contributed by atoms with van der Waals surface area (Å²) in [5, 5.41) is 5.55. The Hall–Kier alpha value is -3.35. The Morgan fingerprint density at radius 1 is 1.03 bits per heavy atom. The molecule has 30 heavy (non-hydrogen) atoms. The summed E-state index contributed by atoms with van der Waals surface area (Å²) in [7, 11) is 1.30. The van der Waals surface area contributed by atoms with E-state index in [4.69, 9.17) is 0 Å². The van der Waals surface area contributed by atoms with E-state index in [-0.39, 0.29) is 11.8 Å². The number of methoxy groups -OCH3 is 1. The molecule has 2 aromatic carbocycles. The van der Waals surface area contributed by atoms with Crippen LogP contribution in [0.1, 0.15) is 42.1 Å². The smallest absolute Gasteiger partial charge is 0.411 e. The van der Waals surface area contributed by atoms with E-state index >= 15 is 0 Å². The minimum atomic E-state index is -0.891. The molecule has 1 heterocycles. The lowest BCUT2D eigenvalue weighted by Crippen LogP contribution is -2.60. The maximum Gasteiger partial charge on any atom is 0.411 e. The summed E-state index contributed by atoms with van der Waals surface area (Å²) in [4.78, 5) is 39.1. The maximum atomic E-state index is 13.1. The minimum absolute atomic E-state index is 0.119. The fourth-order valence-electron chi connectivity index (χ4n) is 3.67. The van der Waals surface area contributed by atoms with Gasteiger partial charge in [-0.25, -0.2) is 4.79 Å². The number of anilines is 1. The minimum Gasteiger partial charge on any atom is -0.453 e. The summed E-state index contributed by atoms with van der Waals surface area (Å²) in [5.41, 5.74) is 1.19. The number of hydrogen-bond donors (Lipinski definition) is 2. The van der Waals surface area contributed by atoms with Gasteiger partial charge in [-0.2, -0.15) is 0 Å². The molecule has 0 radical (unpaired) electrons. The Labute approximate surface area is 176 Å².